The van der Waals surface area contributed by atoms with Crippen LogP contribution in [0, 0.1) is 0 Å². The number of nitrogens with zero attached hydrogens (tertiary/aromatic N) is 2. The fourth-order valence-corrected chi connectivity index (χ4v) is 2.09. The summed E-state index contributed by atoms with van der Waals surface area (Å²) < 4.78 is 1.01. The quantitative estimate of drug-likeness (QED) is 0.870. The minimum Gasteiger partial charge on any atom is -0.369 e. The van der Waals surface area contributed by atoms with E-state index in [4.69, 9.17) is 0 Å². The van der Waals surface area contributed by atoms with Crippen molar-refractivity contribution in [1.82, 2.24) is 15.3 Å². The largest absolute Gasteiger partial charge is 0.369 e. The Morgan fingerprint density at radius 3 is 2.52 bits per heavy atom. The molecule has 0 aliphatic carbocycles. The molecule has 2 rings (SSSR count). The highest BCUT2D eigenvalue weighted by Crippen LogP contribution is 2.16. The number of halogens is 1. The van der Waals surface area contributed by atoms with Crippen molar-refractivity contribution in [3.63, 3.8) is 0 Å². The van der Waals surface area contributed by atoms with Gasteiger partial charge in [-0.1, -0.05) is 28.1 Å². The summed E-state index contributed by atoms with van der Waals surface area (Å²) in [5, 5.41) is 5.94. The van der Waals surface area contributed by atoms with Crippen LogP contribution in [0.15, 0.2) is 41.1 Å². The molecule has 0 aliphatic heterocycles. The zero-order valence-corrected chi connectivity index (χ0v) is 13.5. The molecule has 0 bridgehead atoms. The average Bonchev–Trinajstić information content (AvgIpc) is 2.49. The summed E-state index contributed by atoms with van der Waals surface area (Å²) in [6, 6.07) is 7.73. The molecule has 2 N–H and O–H groups in total. The summed E-state index contributed by atoms with van der Waals surface area (Å²) >= 11 is 3.39. The van der Waals surface area contributed by atoms with E-state index in [2.05, 4.69) is 36.5 Å². The van der Waals surface area contributed by atoms with Crippen LogP contribution in [-0.2, 0) is 0 Å². The normalized spacial score (nSPS) is 11.8. The number of benzene rings is 1. The van der Waals surface area contributed by atoms with Gasteiger partial charge in [-0.05, 0) is 31.5 Å². The standard InChI is InChI=1S/C15H17BrN4O/c1-3-17-14-9-18-13(8-19-14)15(21)20-10(2)11-4-6-12(16)7-5-11/h4-10H,3H2,1-2H3,(H,17,19)(H,20,21). The summed E-state index contributed by atoms with van der Waals surface area (Å²) in [4.78, 5) is 20.4. The van der Waals surface area contributed by atoms with E-state index in [1.165, 1.54) is 6.20 Å². The van der Waals surface area contributed by atoms with Gasteiger partial charge in [0.2, 0.25) is 0 Å². The minimum atomic E-state index is -0.235. The first kappa shape index (κ1) is 15.4. The Labute approximate surface area is 132 Å². The molecule has 1 amide bonds. The average molecular weight is 349 g/mol. The zero-order valence-electron chi connectivity index (χ0n) is 11.9. The second-order valence-corrected chi connectivity index (χ2v) is 5.48. The number of hydrogen-bond donors (Lipinski definition) is 2. The summed E-state index contributed by atoms with van der Waals surface area (Å²) in [6.45, 7) is 4.67. The molecule has 5 nitrogen and oxygen atoms in total. The molecule has 2 aromatic rings. The molecular weight excluding hydrogens is 332 g/mol. The summed E-state index contributed by atoms with van der Waals surface area (Å²) in [7, 11) is 0. The van der Waals surface area contributed by atoms with Crippen LogP contribution in [0.25, 0.3) is 0 Å². The maximum atomic E-state index is 12.1. The van der Waals surface area contributed by atoms with E-state index in [1.54, 1.807) is 6.20 Å². The van der Waals surface area contributed by atoms with Gasteiger partial charge in [-0.3, -0.25) is 4.79 Å². The lowest BCUT2D eigenvalue weighted by Gasteiger charge is -2.14. The maximum Gasteiger partial charge on any atom is 0.271 e. The van der Waals surface area contributed by atoms with Crippen molar-refractivity contribution in [1.29, 1.82) is 0 Å². The van der Waals surface area contributed by atoms with Gasteiger partial charge < -0.3 is 10.6 Å². The number of anilines is 1. The molecule has 1 heterocycles. The number of carbonyl (C=O) groups is 1. The Bertz CT molecular complexity index is 598. The monoisotopic (exact) mass is 348 g/mol. The van der Waals surface area contributed by atoms with Gasteiger partial charge in [-0.2, -0.15) is 0 Å². The first-order chi connectivity index (χ1) is 10.1. The van der Waals surface area contributed by atoms with Crippen molar-refractivity contribution in [3.05, 3.63) is 52.4 Å². The lowest BCUT2D eigenvalue weighted by molar-refractivity contribution is 0.0934. The summed E-state index contributed by atoms with van der Waals surface area (Å²) in [5.41, 5.74) is 1.34. The van der Waals surface area contributed by atoms with Crippen molar-refractivity contribution in [3.8, 4) is 0 Å². The predicted molar refractivity (Wildman–Crippen MR) is 86.2 cm³/mol. The van der Waals surface area contributed by atoms with Gasteiger partial charge in [0.25, 0.3) is 5.91 Å². The fourth-order valence-electron chi connectivity index (χ4n) is 1.82. The molecule has 0 spiro atoms. The summed E-state index contributed by atoms with van der Waals surface area (Å²) in [6.07, 6.45) is 3.03. The number of amides is 1. The number of hydrogen-bond acceptors (Lipinski definition) is 4. The van der Waals surface area contributed by atoms with Gasteiger partial charge in [-0.25, -0.2) is 9.97 Å². The van der Waals surface area contributed by atoms with Gasteiger partial charge >= 0.3 is 0 Å². The zero-order chi connectivity index (χ0) is 15.2. The van der Waals surface area contributed by atoms with Crippen LogP contribution in [0.2, 0.25) is 0 Å². The van der Waals surface area contributed by atoms with Crippen molar-refractivity contribution in [2.75, 3.05) is 11.9 Å². The van der Waals surface area contributed by atoms with Crippen LogP contribution in [0.4, 0.5) is 5.82 Å². The lowest BCUT2D eigenvalue weighted by Crippen LogP contribution is -2.27. The first-order valence-corrected chi connectivity index (χ1v) is 7.51. The molecule has 1 unspecified atom stereocenters. The molecule has 21 heavy (non-hydrogen) atoms. The minimum absolute atomic E-state index is 0.0964. The third kappa shape index (κ3) is 4.26. The van der Waals surface area contributed by atoms with E-state index in [1.807, 2.05) is 38.1 Å². The van der Waals surface area contributed by atoms with Gasteiger partial charge in [0.05, 0.1) is 18.4 Å². The highest BCUT2D eigenvalue weighted by molar-refractivity contribution is 9.10. The number of carbonyl (C=O) groups excluding carboxylic acids is 1. The fraction of sp³-hybridized carbons (Fsp3) is 0.267. The van der Waals surface area contributed by atoms with Crippen LogP contribution in [0.3, 0.4) is 0 Å². The predicted octanol–water partition coefficient (Wildman–Crippen LogP) is 3.16. The molecule has 110 valence electrons. The van der Waals surface area contributed by atoms with Crippen LogP contribution in [-0.4, -0.2) is 22.4 Å². The van der Waals surface area contributed by atoms with Gasteiger partial charge in [-0.15, -0.1) is 0 Å². The summed E-state index contributed by atoms with van der Waals surface area (Å²) in [5.74, 6) is 0.427. The molecule has 6 heteroatoms. The molecule has 0 saturated carbocycles. The molecule has 0 saturated heterocycles. The van der Waals surface area contributed by atoms with E-state index in [9.17, 15) is 4.79 Å². The smallest absolute Gasteiger partial charge is 0.271 e. The maximum absolute atomic E-state index is 12.1. The molecule has 0 radical (unpaired) electrons. The molecule has 1 aromatic heterocycles. The van der Waals surface area contributed by atoms with E-state index in [-0.39, 0.29) is 11.9 Å². The van der Waals surface area contributed by atoms with E-state index in [0.717, 1.165) is 16.6 Å². The Balaban J connectivity index is 2.01. The number of nitrogens with one attached hydrogen (secondary N) is 2. The van der Waals surface area contributed by atoms with E-state index in [0.29, 0.717) is 11.5 Å². The van der Waals surface area contributed by atoms with Crippen molar-refractivity contribution in [2.24, 2.45) is 0 Å². The molecule has 1 aromatic carbocycles. The van der Waals surface area contributed by atoms with E-state index < -0.39 is 0 Å². The van der Waals surface area contributed by atoms with E-state index >= 15 is 0 Å². The van der Waals surface area contributed by atoms with Gasteiger partial charge in [0.15, 0.2) is 0 Å². The molecule has 0 aliphatic rings. The molecule has 1 atom stereocenters. The highest BCUT2D eigenvalue weighted by Gasteiger charge is 2.12. The van der Waals surface area contributed by atoms with Crippen molar-refractivity contribution < 1.29 is 4.79 Å². The Morgan fingerprint density at radius 2 is 1.95 bits per heavy atom. The van der Waals surface area contributed by atoms with Crippen LogP contribution < -0.4 is 10.6 Å². The number of rotatable bonds is 5. The topological polar surface area (TPSA) is 66.9 Å². The van der Waals surface area contributed by atoms with Gasteiger partial charge in [0.1, 0.15) is 11.5 Å². The second-order valence-electron chi connectivity index (χ2n) is 4.56. The van der Waals surface area contributed by atoms with Crippen molar-refractivity contribution >= 4 is 27.7 Å². The van der Waals surface area contributed by atoms with Crippen LogP contribution in [0.5, 0.6) is 0 Å². The molecular formula is C15H17BrN4O. The lowest BCUT2D eigenvalue weighted by atomic mass is 10.1. The third-order valence-electron chi connectivity index (χ3n) is 2.96. The van der Waals surface area contributed by atoms with Crippen LogP contribution >= 0.6 is 15.9 Å². The Hall–Kier alpha value is -1.95. The Morgan fingerprint density at radius 1 is 1.24 bits per heavy atom. The second kappa shape index (κ2) is 7.17. The van der Waals surface area contributed by atoms with Crippen molar-refractivity contribution in [2.45, 2.75) is 19.9 Å². The van der Waals surface area contributed by atoms with Gasteiger partial charge in [0, 0.05) is 11.0 Å². The van der Waals surface area contributed by atoms with Crippen LogP contribution in [0.1, 0.15) is 35.9 Å². The SMILES string of the molecule is CCNc1cnc(C(=O)NC(C)c2ccc(Br)cc2)cn1. The molecule has 0 fully saturated rings. The third-order valence-corrected chi connectivity index (χ3v) is 3.49. The first-order valence-electron chi connectivity index (χ1n) is 6.72. The highest BCUT2D eigenvalue weighted by atomic mass is 79.9. The Kier molecular flexibility index (Phi) is 5.27. The number of aromatic nitrogens is 2.